The summed E-state index contributed by atoms with van der Waals surface area (Å²) in [5, 5.41) is 3.43. The summed E-state index contributed by atoms with van der Waals surface area (Å²) in [7, 11) is 0. The van der Waals surface area contributed by atoms with Crippen LogP contribution in [0.1, 0.15) is 49.7 Å². The van der Waals surface area contributed by atoms with Crippen LogP contribution in [-0.4, -0.2) is 35.0 Å². The summed E-state index contributed by atoms with van der Waals surface area (Å²) in [5.74, 6) is 0.859. The van der Waals surface area contributed by atoms with Gasteiger partial charge in [0.15, 0.2) is 0 Å². The van der Waals surface area contributed by atoms with Crippen molar-refractivity contribution in [3.05, 3.63) is 16.1 Å². The minimum atomic E-state index is 0.250. The smallest absolute Gasteiger partial charge is 0.343 e. The van der Waals surface area contributed by atoms with Crippen LogP contribution in [0.5, 0.6) is 0 Å². The van der Waals surface area contributed by atoms with E-state index in [1.54, 1.807) is 11.3 Å². The van der Waals surface area contributed by atoms with E-state index in [9.17, 15) is 4.79 Å². The lowest BCUT2D eigenvalue weighted by Crippen LogP contribution is -2.37. The Hall–Kier alpha value is -1.52. The maximum atomic E-state index is 11.6. The van der Waals surface area contributed by atoms with Crippen LogP contribution in [0.4, 0.5) is 0 Å². The predicted octanol–water partition coefficient (Wildman–Crippen LogP) is 2.24. The largest absolute Gasteiger partial charge is 0.373 e. The molecule has 1 aromatic rings. The zero-order valence-corrected chi connectivity index (χ0v) is 12.7. The zero-order chi connectivity index (χ0) is 15.0. The quantitative estimate of drug-likeness (QED) is 0.858. The minimum absolute atomic E-state index is 0.250. The molecular formula is C14H20N2O3S. The maximum absolute atomic E-state index is 11.6. The van der Waals surface area contributed by atoms with Crippen LogP contribution in [0.25, 0.3) is 0 Å². The first-order valence-electron chi connectivity index (χ1n) is 6.87. The summed E-state index contributed by atoms with van der Waals surface area (Å²) in [5.41, 5.74) is 1.21. The Morgan fingerprint density at radius 2 is 2.00 bits per heavy atom. The molecule has 2 rings (SSSR count). The summed E-state index contributed by atoms with van der Waals surface area (Å²) in [6, 6.07) is 0. The van der Waals surface area contributed by atoms with Crippen LogP contribution in [0.3, 0.4) is 0 Å². The summed E-state index contributed by atoms with van der Waals surface area (Å²) >= 11 is 1.78. The number of thiazole rings is 1. The number of aromatic nitrogens is 1. The Morgan fingerprint density at radius 3 is 2.45 bits per heavy atom. The molecule has 1 amide bonds. The van der Waals surface area contributed by atoms with Crippen molar-refractivity contribution >= 4 is 23.4 Å². The molecule has 2 heterocycles. The van der Waals surface area contributed by atoms with Gasteiger partial charge in [-0.15, -0.1) is 11.3 Å². The summed E-state index contributed by atoms with van der Waals surface area (Å²) < 4.78 is 0. The fourth-order valence-electron chi connectivity index (χ4n) is 2.27. The molecule has 6 heteroatoms. The van der Waals surface area contributed by atoms with Crippen molar-refractivity contribution in [3.63, 3.8) is 0 Å². The molecule has 0 aromatic carbocycles. The molecule has 0 saturated carbocycles. The molecule has 110 valence electrons. The molecule has 0 bridgehead atoms. The van der Waals surface area contributed by atoms with Crippen molar-refractivity contribution < 1.29 is 14.4 Å². The van der Waals surface area contributed by atoms with Crippen molar-refractivity contribution in [1.29, 1.82) is 0 Å². The Kier molecular flexibility index (Phi) is 7.12. The lowest BCUT2D eigenvalue weighted by molar-refractivity contribution is -0.191. The molecule has 1 aliphatic heterocycles. The number of aryl methyl sites for hydroxylation is 1. The molecule has 0 radical (unpaired) electrons. The highest BCUT2D eigenvalue weighted by Crippen LogP contribution is 2.30. The van der Waals surface area contributed by atoms with E-state index in [-0.39, 0.29) is 12.1 Å². The highest BCUT2D eigenvalue weighted by Gasteiger charge is 2.24. The van der Waals surface area contributed by atoms with Gasteiger partial charge in [0.05, 0.1) is 10.7 Å². The Morgan fingerprint density at radius 1 is 1.40 bits per heavy atom. The Labute approximate surface area is 123 Å². The van der Waals surface area contributed by atoms with E-state index in [2.05, 4.69) is 17.3 Å². The minimum Gasteiger partial charge on any atom is -0.343 e. The fourth-order valence-corrected chi connectivity index (χ4v) is 3.35. The van der Waals surface area contributed by atoms with Gasteiger partial charge in [-0.1, -0.05) is 13.8 Å². The molecule has 1 aromatic heterocycles. The molecule has 0 N–H and O–H groups in total. The molecule has 5 nitrogen and oxygen atoms in total. The van der Waals surface area contributed by atoms with Crippen LogP contribution in [0, 0.1) is 0 Å². The Bertz CT molecular complexity index is 459. The third-order valence-corrected chi connectivity index (χ3v) is 4.49. The molecule has 1 saturated heterocycles. The lowest BCUT2D eigenvalue weighted by Gasteiger charge is -2.30. The van der Waals surface area contributed by atoms with E-state index < -0.39 is 0 Å². The van der Waals surface area contributed by atoms with Crippen LogP contribution in [-0.2, 0) is 20.8 Å². The second kappa shape index (κ2) is 8.61. The van der Waals surface area contributed by atoms with Crippen molar-refractivity contribution in [2.24, 2.45) is 0 Å². The van der Waals surface area contributed by atoms with Gasteiger partial charge in [0.2, 0.25) is 5.91 Å². The van der Waals surface area contributed by atoms with E-state index in [4.69, 9.17) is 9.59 Å². The van der Waals surface area contributed by atoms with Crippen LogP contribution in [0.2, 0.25) is 0 Å². The number of carbonyl (C=O) groups excluding carboxylic acids is 3. The third kappa shape index (κ3) is 4.54. The zero-order valence-electron chi connectivity index (χ0n) is 11.9. The second-order valence-corrected chi connectivity index (χ2v) is 5.51. The van der Waals surface area contributed by atoms with E-state index in [1.807, 2.05) is 11.8 Å². The first-order valence-corrected chi connectivity index (χ1v) is 7.75. The van der Waals surface area contributed by atoms with Gasteiger partial charge in [0, 0.05) is 30.8 Å². The highest BCUT2D eigenvalue weighted by molar-refractivity contribution is 7.09. The van der Waals surface area contributed by atoms with Gasteiger partial charge in [-0.25, -0.2) is 4.98 Å². The first kappa shape index (κ1) is 16.5. The molecule has 0 spiro atoms. The lowest BCUT2D eigenvalue weighted by atomic mass is 9.97. The van der Waals surface area contributed by atoms with Crippen molar-refractivity contribution in [2.75, 3.05) is 13.1 Å². The van der Waals surface area contributed by atoms with Gasteiger partial charge in [-0.2, -0.15) is 9.59 Å². The number of nitrogens with zero attached hydrogens (tertiary/aromatic N) is 2. The average Bonchev–Trinajstić information content (AvgIpc) is 2.96. The van der Waals surface area contributed by atoms with Gasteiger partial charge in [0.25, 0.3) is 0 Å². The topological polar surface area (TPSA) is 67.3 Å². The predicted molar refractivity (Wildman–Crippen MR) is 75.3 cm³/mol. The normalized spacial score (nSPS) is 15.2. The number of likely N-dealkylation sites (tertiary alicyclic amines) is 1. The van der Waals surface area contributed by atoms with Crippen molar-refractivity contribution in [2.45, 2.75) is 45.4 Å². The monoisotopic (exact) mass is 296 g/mol. The molecule has 1 aliphatic rings. The molecule has 0 atom stereocenters. The summed E-state index contributed by atoms with van der Waals surface area (Å²) in [4.78, 5) is 34.5. The SMILES string of the molecule is CCC(=O)N1CCC(c2nc(CC)cs2)CC1.O=C=O. The molecule has 1 fully saturated rings. The van der Waals surface area contributed by atoms with E-state index >= 15 is 0 Å². The number of hydrogen-bond acceptors (Lipinski definition) is 5. The van der Waals surface area contributed by atoms with Crippen molar-refractivity contribution in [3.8, 4) is 0 Å². The fraction of sp³-hybridized carbons (Fsp3) is 0.643. The van der Waals surface area contributed by atoms with E-state index in [1.165, 1.54) is 10.7 Å². The number of carbonyl (C=O) groups is 1. The van der Waals surface area contributed by atoms with Gasteiger partial charge < -0.3 is 4.90 Å². The summed E-state index contributed by atoms with van der Waals surface area (Å²) in [6.07, 6.45) is 4.04. The standard InChI is InChI=1S/C13H20N2OS.CO2/c1-3-11-9-17-13(14-11)10-5-7-15(8-6-10)12(16)4-2;2-1-3/h9-10H,3-8H2,1-2H3;. The van der Waals surface area contributed by atoms with Gasteiger partial charge in [0.1, 0.15) is 0 Å². The molecule has 20 heavy (non-hydrogen) atoms. The molecular weight excluding hydrogens is 276 g/mol. The van der Waals surface area contributed by atoms with Crippen LogP contribution in [0.15, 0.2) is 5.38 Å². The first-order chi connectivity index (χ1) is 9.65. The van der Waals surface area contributed by atoms with Crippen LogP contribution >= 0.6 is 11.3 Å². The third-order valence-electron chi connectivity index (χ3n) is 3.43. The second-order valence-electron chi connectivity index (χ2n) is 4.62. The van der Waals surface area contributed by atoms with Crippen molar-refractivity contribution in [1.82, 2.24) is 9.88 Å². The summed E-state index contributed by atoms with van der Waals surface area (Å²) in [6.45, 7) is 5.88. The van der Waals surface area contributed by atoms with Gasteiger partial charge >= 0.3 is 6.15 Å². The number of rotatable bonds is 3. The van der Waals surface area contributed by atoms with E-state index in [0.29, 0.717) is 12.3 Å². The van der Waals surface area contributed by atoms with Crippen LogP contribution < -0.4 is 0 Å². The van der Waals surface area contributed by atoms with Gasteiger partial charge in [-0.05, 0) is 19.3 Å². The van der Waals surface area contributed by atoms with Gasteiger partial charge in [-0.3, -0.25) is 4.79 Å². The average molecular weight is 296 g/mol. The maximum Gasteiger partial charge on any atom is 0.373 e. The Balaban J connectivity index is 0.000000612. The number of hydrogen-bond donors (Lipinski definition) is 0. The number of amides is 1. The highest BCUT2D eigenvalue weighted by atomic mass is 32.1. The molecule has 0 unspecified atom stereocenters. The molecule has 0 aliphatic carbocycles. The number of piperidine rings is 1. The van der Waals surface area contributed by atoms with E-state index in [0.717, 1.165) is 32.4 Å².